The van der Waals surface area contributed by atoms with Crippen LogP contribution in [0.25, 0.3) is 0 Å². The van der Waals surface area contributed by atoms with Gasteiger partial charge in [0.2, 0.25) is 5.91 Å². The van der Waals surface area contributed by atoms with Crippen LogP contribution in [0.3, 0.4) is 0 Å². The lowest BCUT2D eigenvalue weighted by Gasteiger charge is -2.28. The summed E-state index contributed by atoms with van der Waals surface area (Å²) < 4.78 is 0. The van der Waals surface area contributed by atoms with Gasteiger partial charge >= 0.3 is 0 Å². The zero-order valence-corrected chi connectivity index (χ0v) is 11.0. The Morgan fingerprint density at radius 1 is 1.50 bits per heavy atom. The number of nitrogens with zero attached hydrogens (tertiary/aromatic N) is 1. The van der Waals surface area contributed by atoms with Crippen molar-refractivity contribution in [2.45, 2.75) is 65.5 Å². The van der Waals surface area contributed by atoms with E-state index in [0.717, 1.165) is 25.8 Å². The van der Waals surface area contributed by atoms with E-state index in [9.17, 15) is 9.90 Å². The van der Waals surface area contributed by atoms with Crippen LogP contribution in [0.15, 0.2) is 0 Å². The van der Waals surface area contributed by atoms with Crippen LogP contribution >= 0.6 is 0 Å². The van der Waals surface area contributed by atoms with E-state index >= 15 is 0 Å². The molecule has 3 heteroatoms. The Bertz CT molecular complexity index is 243. The van der Waals surface area contributed by atoms with Crippen molar-refractivity contribution < 1.29 is 9.90 Å². The third-order valence-corrected chi connectivity index (χ3v) is 2.99. The van der Waals surface area contributed by atoms with Crippen molar-refractivity contribution in [2.24, 2.45) is 5.41 Å². The van der Waals surface area contributed by atoms with Gasteiger partial charge in [0.1, 0.15) is 0 Å². The average Bonchev–Trinajstić information content (AvgIpc) is 2.47. The van der Waals surface area contributed by atoms with Gasteiger partial charge in [0, 0.05) is 19.0 Å². The van der Waals surface area contributed by atoms with E-state index in [2.05, 4.69) is 20.8 Å². The van der Waals surface area contributed by atoms with E-state index < -0.39 is 0 Å². The van der Waals surface area contributed by atoms with Crippen molar-refractivity contribution in [3.63, 3.8) is 0 Å². The maximum absolute atomic E-state index is 12.1. The molecule has 0 aromatic carbocycles. The smallest absolute Gasteiger partial charge is 0.223 e. The standard InChI is InChI=1S/C13H25NO2/c1-10(15)8-11-6-5-7-14(11)12(16)9-13(2,3)4/h10-11,15H,5-9H2,1-4H3. The Morgan fingerprint density at radius 2 is 2.12 bits per heavy atom. The molecule has 94 valence electrons. The van der Waals surface area contributed by atoms with E-state index in [-0.39, 0.29) is 23.5 Å². The fourth-order valence-electron chi connectivity index (χ4n) is 2.36. The molecule has 2 unspecified atom stereocenters. The fraction of sp³-hybridized carbons (Fsp3) is 0.923. The third-order valence-electron chi connectivity index (χ3n) is 2.99. The number of likely N-dealkylation sites (tertiary alicyclic amines) is 1. The second-order valence-corrected chi connectivity index (χ2v) is 6.21. The first-order valence-electron chi connectivity index (χ1n) is 6.27. The van der Waals surface area contributed by atoms with E-state index in [0.29, 0.717) is 6.42 Å². The number of aliphatic hydroxyl groups excluding tert-OH is 1. The molecule has 1 amide bonds. The van der Waals surface area contributed by atoms with E-state index in [1.807, 2.05) is 4.90 Å². The highest BCUT2D eigenvalue weighted by molar-refractivity contribution is 5.77. The van der Waals surface area contributed by atoms with Crippen LogP contribution < -0.4 is 0 Å². The Hall–Kier alpha value is -0.570. The second-order valence-electron chi connectivity index (χ2n) is 6.21. The molecule has 0 aromatic heterocycles. The summed E-state index contributed by atoms with van der Waals surface area (Å²) >= 11 is 0. The molecule has 1 N–H and O–H groups in total. The highest BCUT2D eigenvalue weighted by atomic mass is 16.3. The molecule has 1 saturated heterocycles. The molecule has 0 radical (unpaired) electrons. The lowest BCUT2D eigenvalue weighted by atomic mass is 9.91. The molecule has 0 spiro atoms. The number of aliphatic hydroxyl groups is 1. The van der Waals surface area contributed by atoms with Gasteiger partial charge in [0.25, 0.3) is 0 Å². The molecule has 1 heterocycles. The lowest BCUT2D eigenvalue weighted by molar-refractivity contribution is -0.134. The van der Waals surface area contributed by atoms with Crippen molar-refractivity contribution in [3.05, 3.63) is 0 Å². The van der Waals surface area contributed by atoms with Gasteiger partial charge in [-0.05, 0) is 31.6 Å². The van der Waals surface area contributed by atoms with Crippen LogP contribution in [0.1, 0.15) is 53.4 Å². The quantitative estimate of drug-likeness (QED) is 0.803. The number of hydrogen-bond acceptors (Lipinski definition) is 2. The number of carbonyl (C=O) groups is 1. The van der Waals surface area contributed by atoms with Crippen LogP contribution in [0.5, 0.6) is 0 Å². The molecule has 0 bridgehead atoms. The molecular weight excluding hydrogens is 202 g/mol. The minimum atomic E-state index is -0.312. The topological polar surface area (TPSA) is 40.5 Å². The van der Waals surface area contributed by atoms with Gasteiger partial charge in [-0.2, -0.15) is 0 Å². The predicted molar refractivity (Wildman–Crippen MR) is 65.1 cm³/mol. The van der Waals surface area contributed by atoms with Crippen molar-refractivity contribution in [2.75, 3.05) is 6.54 Å². The highest BCUT2D eigenvalue weighted by Crippen LogP contribution is 2.26. The monoisotopic (exact) mass is 227 g/mol. The van der Waals surface area contributed by atoms with E-state index in [4.69, 9.17) is 0 Å². The number of amides is 1. The van der Waals surface area contributed by atoms with Crippen LogP contribution in [0.2, 0.25) is 0 Å². The van der Waals surface area contributed by atoms with Crippen LogP contribution in [0.4, 0.5) is 0 Å². The van der Waals surface area contributed by atoms with Gasteiger partial charge in [-0.3, -0.25) is 4.79 Å². The van der Waals surface area contributed by atoms with Gasteiger partial charge in [-0.1, -0.05) is 20.8 Å². The van der Waals surface area contributed by atoms with Gasteiger partial charge in [-0.25, -0.2) is 0 Å². The maximum atomic E-state index is 12.1. The third kappa shape index (κ3) is 4.12. The Labute approximate surface area is 98.8 Å². The summed E-state index contributed by atoms with van der Waals surface area (Å²) in [5, 5.41) is 9.41. The molecule has 3 nitrogen and oxygen atoms in total. The molecule has 0 aromatic rings. The zero-order valence-electron chi connectivity index (χ0n) is 11.0. The van der Waals surface area contributed by atoms with E-state index in [1.165, 1.54) is 0 Å². The second kappa shape index (κ2) is 5.17. The van der Waals surface area contributed by atoms with Crippen molar-refractivity contribution >= 4 is 5.91 Å². The lowest BCUT2D eigenvalue weighted by Crippen LogP contribution is -2.38. The summed E-state index contributed by atoms with van der Waals surface area (Å²) in [4.78, 5) is 14.1. The maximum Gasteiger partial charge on any atom is 0.223 e. The molecule has 1 aliphatic heterocycles. The first-order chi connectivity index (χ1) is 7.29. The minimum Gasteiger partial charge on any atom is -0.393 e. The predicted octanol–water partition coefficient (Wildman–Crippen LogP) is 2.18. The Kier molecular flexibility index (Phi) is 4.36. The highest BCUT2D eigenvalue weighted by Gasteiger charge is 2.31. The normalized spacial score (nSPS) is 23.6. The number of rotatable bonds is 3. The molecule has 1 rings (SSSR count). The SMILES string of the molecule is CC(O)CC1CCCN1C(=O)CC(C)(C)C. The van der Waals surface area contributed by atoms with Crippen LogP contribution in [0, 0.1) is 5.41 Å². The Morgan fingerprint density at radius 3 is 2.62 bits per heavy atom. The molecule has 16 heavy (non-hydrogen) atoms. The summed E-state index contributed by atoms with van der Waals surface area (Å²) in [6, 6.07) is 0.259. The first kappa shape index (κ1) is 13.5. The number of carbonyl (C=O) groups excluding carboxylic acids is 1. The molecule has 0 saturated carbocycles. The zero-order chi connectivity index (χ0) is 12.3. The van der Waals surface area contributed by atoms with Crippen LogP contribution in [-0.4, -0.2) is 34.6 Å². The van der Waals surface area contributed by atoms with Gasteiger partial charge in [-0.15, -0.1) is 0 Å². The fourth-order valence-corrected chi connectivity index (χ4v) is 2.36. The average molecular weight is 227 g/mol. The summed E-state index contributed by atoms with van der Waals surface area (Å²) in [5.41, 5.74) is 0.0506. The van der Waals surface area contributed by atoms with Gasteiger partial charge in [0.05, 0.1) is 6.10 Å². The van der Waals surface area contributed by atoms with Crippen molar-refractivity contribution in [3.8, 4) is 0 Å². The molecule has 1 fully saturated rings. The van der Waals surface area contributed by atoms with Gasteiger partial charge in [0.15, 0.2) is 0 Å². The van der Waals surface area contributed by atoms with Gasteiger partial charge < -0.3 is 10.0 Å². The molecule has 0 aliphatic carbocycles. The Balaban J connectivity index is 2.54. The first-order valence-corrected chi connectivity index (χ1v) is 6.27. The molecule has 2 atom stereocenters. The van der Waals surface area contributed by atoms with E-state index in [1.54, 1.807) is 6.92 Å². The van der Waals surface area contributed by atoms with Crippen molar-refractivity contribution in [1.82, 2.24) is 4.90 Å². The minimum absolute atomic E-state index is 0.0506. The summed E-state index contributed by atoms with van der Waals surface area (Å²) in [6.07, 6.45) is 3.13. The molecule has 1 aliphatic rings. The summed E-state index contributed by atoms with van der Waals surface area (Å²) in [5.74, 6) is 0.246. The van der Waals surface area contributed by atoms with Crippen LogP contribution in [-0.2, 0) is 4.79 Å². The number of hydrogen-bond donors (Lipinski definition) is 1. The summed E-state index contributed by atoms with van der Waals surface area (Å²) in [6.45, 7) is 8.93. The largest absolute Gasteiger partial charge is 0.393 e. The van der Waals surface area contributed by atoms with Crippen molar-refractivity contribution in [1.29, 1.82) is 0 Å². The summed E-state index contributed by atoms with van der Waals surface area (Å²) in [7, 11) is 0. The molecular formula is C13H25NO2.